The fourth-order valence-corrected chi connectivity index (χ4v) is 3.40. The standard InChI is InChI=1S/C18H23N3O3/c1-4-9-20-15-10-12(17(23)19-11(2)3)5-6-13(15)21-14(18(20)24)7-8-16(21)22/h5-6,10-11,14H,4,7-9H2,1-3H3,(H,19,23). The summed E-state index contributed by atoms with van der Waals surface area (Å²) in [6.45, 7) is 6.39. The lowest BCUT2D eigenvalue weighted by Crippen LogP contribution is -2.52. The molecule has 1 atom stereocenters. The fraction of sp³-hybridized carbons (Fsp3) is 0.500. The van der Waals surface area contributed by atoms with Crippen molar-refractivity contribution in [3.05, 3.63) is 23.8 Å². The van der Waals surface area contributed by atoms with Crippen LogP contribution >= 0.6 is 0 Å². The van der Waals surface area contributed by atoms with Crippen LogP contribution in [-0.2, 0) is 9.59 Å². The zero-order valence-electron chi connectivity index (χ0n) is 14.3. The second-order valence-corrected chi connectivity index (χ2v) is 6.64. The third kappa shape index (κ3) is 2.66. The molecule has 1 aromatic carbocycles. The van der Waals surface area contributed by atoms with E-state index >= 15 is 0 Å². The lowest BCUT2D eigenvalue weighted by molar-refractivity contribution is -0.122. The summed E-state index contributed by atoms with van der Waals surface area (Å²) < 4.78 is 0. The maximum Gasteiger partial charge on any atom is 0.251 e. The van der Waals surface area contributed by atoms with Gasteiger partial charge < -0.3 is 10.2 Å². The first-order chi connectivity index (χ1) is 11.4. The predicted octanol–water partition coefficient (Wildman–Crippen LogP) is 2.08. The third-order valence-corrected chi connectivity index (χ3v) is 4.42. The molecular weight excluding hydrogens is 306 g/mol. The fourth-order valence-electron chi connectivity index (χ4n) is 3.40. The molecule has 0 aliphatic carbocycles. The molecule has 6 nitrogen and oxygen atoms in total. The van der Waals surface area contributed by atoms with E-state index in [1.807, 2.05) is 20.8 Å². The Bertz CT molecular complexity index is 699. The molecule has 128 valence electrons. The van der Waals surface area contributed by atoms with Crippen molar-refractivity contribution in [3.63, 3.8) is 0 Å². The van der Waals surface area contributed by atoms with Gasteiger partial charge in [0.2, 0.25) is 11.8 Å². The van der Waals surface area contributed by atoms with E-state index in [1.54, 1.807) is 28.0 Å². The molecule has 2 aliphatic heterocycles. The minimum atomic E-state index is -0.396. The highest BCUT2D eigenvalue weighted by Gasteiger charge is 2.44. The molecule has 6 heteroatoms. The van der Waals surface area contributed by atoms with Gasteiger partial charge in [-0.15, -0.1) is 0 Å². The van der Waals surface area contributed by atoms with Gasteiger partial charge in [0.1, 0.15) is 6.04 Å². The van der Waals surface area contributed by atoms with Gasteiger partial charge in [0.05, 0.1) is 11.4 Å². The van der Waals surface area contributed by atoms with Gasteiger partial charge in [0.25, 0.3) is 5.91 Å². The smallest absolute Gasteiger partial charge is 0.251 e. The molecule has 1 saturated heterocycles. The molecule has 2 heterocycles. The quantitative estimate of drug-likeness (QED) is 0.919. The summed E-state index contributed by atoms with van der Waals surface area (Å²) in [4.78, 5) is 40.6. The van der Waals surface area contributed by atoms with E-state index in [-0.39, 0.29) is 23.8 Å². The molecule has 3 amide bonds. The molecule has 1 unspecified atom stereocenters. The van der Waals surface area contributed by atoms with E-state index in [1.165, 1.54) is 0 Å². The molecule has 0 radical (unpaired) electrons. The average molecular weight is 329 g/mol. The lowest BCUT2D eigenvalue weighted by atomic mass is 10.0. The van der Waals surface area contributed by atoms with Crippen molar-refractivity contribution in [2.75, 3.05) is 16.3 Å². The van der Waals surface area contributed by atoms with E-state index in [4.69, 9.17) is 0 Å². The van der Waals surface area contributed by atoms with Crippen LogP contribution in [0.15, 0.2) is 18.2 Å². The highest BCUT2D eigenvalue weighted by atomic mass is 16.2. The van der Waals surface area contributed by atoms with Crippen molar-refractivity contribution in [3.8, 4) is 0 Å². The number of hydrogen-bond donors (Lipinski definition) is 1. The Morgan fingerprint density at radius 1 is 1.29 bits per heavy atom. The molecule has 0 bridgehead atoms. The molecule has 0 saturated carbocycles. The zero-order valence-corrected chi connectivity index (χ0v) is 14.3. The second kappa shape index (κ2) is 6.26. The predicted molar refractivity (Wildman–Crippen MR) is 92.2 cm³/mol. The maximum absolute atomic E-state index is 12.8. The Labute approximate surface area is 141 Å². The SMILES string of the molecule is CCCN1C(=O)C2CCC(=O)N2c2ccc(C(=O)NC(C)C)cc21. The van der Waals surface area contributed by atoms with Gasteiger partial charge in [-0.1, -0.05) is 6.92 Å². The highest BCUT2D eigenvalue weighted by molar-refractivity contribution is 6.15. The number of rotatable bonds is 4. The van der Waals surface area contributed by atoms with Gasteiger partial charge in [-0.2, -0.15) is 0 Å². The van der Waals surface area contributed by atoms with Crippen LogP contribution < -0.4 is 15.1 Å². The summed E-state index contributed by atoms with van der Waals surface area (Å²) in [5.74, 6) is -0.242. The molecule has 24 heavy (non-hydrogen) atoms. The number of carbonyl (C=O) groups excluding carboxylic acids is 3. The Hall–Kier alpha value is -2.37. The average Bonchev–Trinajstić information content (AvgIpc) is 2.92. The van der Waals surface area contributed by atoms with Gasteiger partial charge in [-0.05, 0) is 44.9 Å². The van der Waals surface area contributed by atoms with Crippen molar-refractivity contribution < 1.29 is 14.4 Å². The van der Waals surface area contributed by atoms with Gasteiger partial charge in [-0.3, -0.25) is 19.3 Å². The van der Waals surface area contributed by atoms with E-state index < -0.39 is 6.04 Å². The maximum atomic E-state index is 12.8. The molecule has 1 fully saturated rings. The summed E-state index contributed by atoms with van der Waals surface area (Å²) in [7, 11) is 0. The number of anilines is 2. The summed E-state index contributed by atoms with van der Waals surface area (Å²) in [6, 6.07) is 4.87. The summed E-state index contributed by atoms with van der Waals surface area (Å²) in [6.07, 6.45) is 1.77. The first kappa shape index (κ1) is 16.5. The molecule has 1 N–H and O–H groups in total. The molecule has 1 aromatic rings. The van der Waals surface area contributed by atoms with Crippen molar-refractivity contribution in [1.29, 1.82) is 0 Å². The molecule has 2 aliphatic rings. The number of nitrogens with zero attached hydrogens (tertiary/aromatic N) is 2. The first-order valence-electron chi connectivity index (χ1n) is 8.52. The van der Waals surface area contributed by atoms with Crippen molar-refractivity contribution in [2.45, 2.75) is 52.1 Å². The number of nitrogens with one attached hydrogen (secondary N) is 1. The van der Waals surface area contributed by atoms with Crippen LogP contribution in [0.1, 0.15) is 50.4 Å². The van der Waals surface area contributed by atoms with Crippen LogP contribution in [-0.4, -0.2) is 36.3 Å². The Balaban J connectivity index is 2.05. The summed E-state index contributed by atoms with van der Waals surface area (Å²) in [5.41, 5.74) is 1.89. The van der Waals surface area contributed by atoms with Gasteiger partial charge >= 0.3 is 0 Å². The zero-order chi connectivity index (χ0) is 17.4. The van der Waals surface area contributed by atoms with E-state index in [0.29, 0.717) is 30.6 Å². The second-order valence-electron chi connectivity index (χ2n) is 6.64. The van der Waals surface area contributed by atoms with E-state index in [9.17, 15) is 14.4 Å². The van der Waals surface area contributed by atoms with Gasteiger partial charge in [0, 0.05) is 24.6 Å². The summed E-state index contributed by atoms with van der Waals surface area (Å²) in [5, 5.41) is 2.86. The Morgan fingerprint density at radius 3 is 2.71 bits per heavy atom. The topological polar surface area (TPSA) is 69.7 Å². The van der Waals surface area contributed by atoms with Gasteiger partial charge in [-0.25, -0.2) is 0 Å². The van der Waals surface area contributed by atoms with Crippen molar-refractivity contribution >= 4 is 29.1 Å². The van der Waals surface area contributed by atoms with E-state index in [2.05, 4.69) is 5.32 Å². The third-order valence-electron chi connectivity index (χ3n) is 4.42. The number of benzene rings is 1. The molecular formula is C18H23N3O3. The number of hydrogen-bond acceptors (Lipinski definition) is 3. The number of amides is 3. The Morgan fingerprint density at radius 2 is 2.04 bits per heavy atom. The van der Waals surface area contributed by atoms with Crippen LogP contribution in [0.3, 0.4) is 0 Å². The van der Waals surface area contributed by atoms with Crippen LogP contribution in [0.4, 0.5) is 11.4 Å². The monoisotopic (exact) mass is 329 g/mol. The minimum absolute atomic E-state index is 0.0230. The number of carbonyl (C=O) groups is 3. The highest BCUT2D eigenvalue weighted by Crippen LogP contribution is 2.41. The lowest BCUT2D eigenvalue weighted by Gasteiger charge is -2.38. The minimum Gasteiger partial charge on any atom is -0.350 e. The van der Waals surface area contributed by atoms with Crippen LogP contribution in [0.5, 0.6) is 0 Å². The number of fused-ring (bicyclic) bond motifs is 3. The van der Waals surface area contributed by atoms with Crippen LogP contribution in [0, 0.1) is 0 Å². The normalized spacial score (nSPS) is 19.6. The van der Waals surface area contributed by atoms with Crippen molar-refractivity contribution in [1.82, 2.24) is 5.32 Å². The van der Waals surface area contributed by atoms with Crippen molar-refractivity contribution in [2.24, 2.45) is 0 Å². The van der Waals surface area contributed by atoms with Crippen LogP contribution in [0.25, 0.3) is 0 Å². The van der Waals surface area contributed by atoms with E-state index in [0.717, 1.165) is 12.1 Å². The largest absolute Gasteiger partial charge is 0.350 e. The van der Waals surface area contributed by atoms with Gasteiger partial charge in [0.15, 0.2) is 0 Å². The Kier molecular flexibility index (Phi) is 4.30. The van der Waals surface area contributed by atoms with Crippen LogP contribution in [0.2, 0.25) is 0 Å². The molecule has 0 spiro atoms. The molecule has 0 aromatic heterocycles. The molecule has 3 rings (SSSR count). The summed E-state index contributed by atoms with van der Waals surface area (Å²) >= 11 is 0. The first-order valence-corrected chi connectivity index (χ1v) is 8.52.